The molecule has 4 heteroatoms. The van der Waals surface area contributed by atoms with E-state index in [0.717, 1.165) is 6.26 Å². The molecule has 1 aromatic heterocycles. The van der Waals surface area contributed by atoms with Crippen LogP contribution in [-0.2, 0) is 4.74 Å². The fourth-order valence-electron chi connectivity index (χ4n) is 0.872. The molecule has 68 valence electrons. The predicted octanol–water partition coefficient (Wildman–Crippen LogP) is 0.984. The number of hydrogen-bond acceptors (Lipinski definition) is 3. The van der Waals surface area contributed by atoms with Crippen LogP contribution in [0.15, 0.2) is 29.8 Å². The van der Waals surface area contributed by atoms with E-state index in [-0.39, 0.29) is 5.56 Å². The summed E-state index contributed by atoms with van der Waals surface area (Å²) in [7, 11) is 0. The second kappa shape index (κ2) is 3.71. The van der Waals surface area contributed by atoms with Gasteiger partial charge in [-0.25, -0.2) is 4.79 Å². The average Bonchev–Trinajstić information content (AvgIpc) is 2.04. The van der Waals surface area contributed by atoms with Gasteiger partial charge in [-0.15, -0.1) is 0 Å². The van der Waals surface area contributed by atoms with Crippen molar-refractivity contribution in [1.29, 1.82) is 0 Å². The Morgan fingerprint density at radius 1 is 1.62 bits per heavy atom. The maximum atomic E-state index is 11.2. The number of hydrogen-bond donors (Lipinski definition) is 1. The van der Waals surface area contributed by atoms with Crippen LogP contribution in [-0.4, -0.2) is 11.0 Å². The van der Waals surface area contributed by atoms with Crippen molar-refractivity contribution in [3.63, 3.8) is 0 Å². The number of carbonyl (C=O) groups is 1. The van der Waals surface area contributed by atoms with Crippen LogP contribution in [0.4, 0.5) is 0 Å². The van der Waals surface area contributed by atoms with E-state index in [1.807, 2.05) is 0 Å². The van der Waals surface area contributed by atoms with Crippen molar-refractivity contribution < 1.29 is 9.53 Å². The standard InChI is InChI=1S/C9H9NO3/c1-3-13-9(12)7-5-4-6(2)10-8(7)11/h3-5H,1H2,2H3,(H,10,11). The molecule has 0 aliphatic carbocycles. The average molecular weight is 179 g/mol. The third kappa shape index (κ3) is 2.05. The predicted molar refractivity (Wildman–Crippen MR) is 47.4 cm³/mol. The molecule has 13 heavy (non-hydrogen) atoms. The van der Waals surface area contributed by atoms with Crippen LogP contribution in [0.3, 0.4) is 0 Å². The molecule has 1 heterocycles. The van der Waals surface area contributed by atoms with E-state index < -0.39 is 11.5 Å². The number of carbonyl (C=O) groups excluding carboxylic acids is 1. The second-order valence-corrected chi connectivity index (χ2v) is 2.46. The van der Waals surface area contributed by atoms with Gasteiger partial charge in [-0.2, -0.15) is 0 Å². The van der Waals surface area contributed by atoms with Crippen molar-refractivity contribution in [3.05, 3.63) is 46.6 Å². The summed E-state index contributed by atoms with van der Waals surface area (Å²) in [5.74, 6) is -0.698. The number of nitrogens with one attached hydrogen (secondary N) is 1. The summed E-state index contributed by atoms with van der Waals surface area (Å²) in [6.07, 6.45) is 0.988. The first-order valence-corrected chi connectivity index (χ1v) is 3.67. The fourth-order valence-corrected chi connectivity index (χ4v) is 0.872. The Morgan fingerprint density at radius 2 is 2.31 bits per heavy atom. The highest BCUT2D eigenvalue weighted by Gasteiger charge is 2.09. The number of aromatic amines is 1. The molecule has 0 saturated carbocycles. The summed E-state index contributed by atoms with van der Waals surface area (Å²) in [5, 5.41) is 0. The molecule has 1 rings (SSSR count). The smallest absolute Gasteiger partial charge is 0.348 e. The fraction of sp³-hybridized carbons (Fsp3) is 0.111. The quantitative estimate of drug-likeness (QED) is 0.544. The summed E-state index contributed by atoms with van der Waals surface area (Å²) in [6, 6.07) is 3.04. The first kappa shape index (κ1) is 9.25. The Bertz CT molecular complexity index is 392. The molecule has 1 N–H and O–H groups in total. The summed E-state index contributed by atoms with van der Waals surface area (Å²) in [6.45, 7) is 4.94. The number of ether oxygens (including phenoxy) is 1. The first-order chi connectivity index (χ1) is 6.15. The molecule has 0 radical (unpaired) electrons. The molecule has 0 fully saturated rings. The normalized spacial score (nSPS) is 9.31. The van der Waals surface area contributed by atoms with Crippen molar-refractivity contribution in [2.75, 3.05) is 0 Å². The minimum Gasteiger partial charge on any atom is -0.431 e. The molecule has 1 aromatic rings. The van der Waals surface area contributed by atoms with Gasteiger partial charge in [-0.3, -0.25) is 4.79 Å². The summed E-state index contributed by atoms with van der Waals surface area (Å²) < 4.78 is 4.45. The molecule has 0 aromatic carbocycles. The van der Waals surface area contributed by atoms with Crippen LogP contribution in [0.5, 0.6) is 0 Å². The molecule has 0 bridgehead atoms. The molecule has 0 aliphatic heterocycles. The van der Waals surface area contributed by atoms with E-state index in [1.54, 1.807) is 13.0 Å². The number of aromatic nitrogens is 1. The minimum atomic E-state index is -0.698. The van der Waals surface area contributed by atoms with E-state index in [9.17, 15) is 9.59 Å². The molecular weight excluding hydrogens is 170 g/mol. The Balaban J connectivity index is 3.09. The molecule has 0 saturated heterocycles. The van der Waals surface area contributed by atoms with Gasteiger partial charge in [-0.05, 0) is 19.1 Å². The maximum absolute atomic E-state index is 11.2. The molecule has 0 aliphatic rings. The van der Waals surface area contributed by atoms with Crippen LogP contribution in [0, 0.1) is 6.92 Å². The highest BCUT2D eigenvalue weighted by molar-refractivity contribution is 5.89. The van der Waals surface area contributed by atoms with Gasteiger partial charge in [-0.1, -0.05) is 6.58 Å². The van der Waals surface area contributed by atoms with Gasteiger partial charge in [0.2, 0.25) is 0 Å². The molecule has 0 spiro atoms. The summed E-state index contributed by atoms with van der Waals surface area (Å²) >= 11 is 0. The van der Waals surface area contributed by atoms with Gasteiger partial charge in [0.15, 0.2) is 0 Å². The Kier molecular flexibility index (Phi) is 2.64. The number of aryl methyl sites for hydroxylation is 1. The Morgan fingerprint density at radius 3 is 2.85 bits per heavy atom. The van der Waals surface area contributed by atoms with Crippen molar-refractivity contribution in [2.24, 2.45) is 0 Å². The molecule has 0 unspecified atom stereocenters. The molecule has 0 atom stereocenters. The zero-order valence-electron chi connectivity index (χ0n) is 7.16. The van der Waals surface area contributed by atoms with Gasteiger partial charge >= 0.3 is 5.97 Å². The third-order valence-corrected chi connectivity index (χ3v) is 1.47. The summed E-state index contributed by atoms with van der Waals surface area (Å²) in [5.41, 5.74) is 0.220. The SMILES string of the molecule is C=COC(=O)c1ccc(C)[nH]c1=O. The van der Waals surface area contributed by atoms with Crippen LogP contribution in [0.1, 0.15) is 16.1 Å². The second-order valence-electron chi connectivity index (χ2n) is 2.46. The van der Waals surface area contributed by atoms with Gasteiger partial charge in [0.05, 0.1) is 6.26 Å². The van der Waals surface area contributed by atoms with Gasteiger partial charge in [0.1, 0.15) is 5.56 Å². The van der Waals surface area contributed by atoms with Crippen LogP contribution >= 0.6 is 0 Å². The monoisotopic (exact) mass is 179 g/mol. The van der Waals surface area contributed by atoms with E-state index in [2.05, 4.69) is 16.3 Å². The number of H-pyrrole nitrogens is 1. The summed E-state index contributed by atoms with van der Waals surface area (Å²) in [4.78, 5) is 24.7. The van der Waals surface area contributed by atoms with E-state index in [1.165, 1.54) is 6.07 Å². The minimum absolute atomic E-state index is 0.0227. The first-order valence-electron chi connectivity index (χ1n) is 3.67. The lowest BCUT2D eigenvalue weighted by Crippen LogP contribution is -2.18. The van der Waals surface area contributed by atoms with Gasteiger partial charge in [0.25, 0.3) is 5.56 Å². The van der Waals surface area contributed by atoms with Crippen LogP contribution < -0.4 is 5.56 Å². The van der Waals surface area contributed by atoms with Gasteiger partial charge < -0.3 is 9.72 Å². The highest BCUT2D eigenvalue weighted by Crippen LogP contribution is 1.96. The topological polar surface area (TPSA) is 59.2 Å². The van der Waals surface area contributed by atoms with Crippen molar-refractivity contribution in [2.45, 2.75) is 6.92 Å². The van der Waals surface area contributed by atoms with E-state index in [0.29, 0.717) is 5.69 Å². The molecule has 0 amide bonds. The lowest BCUT2D eigenvalue weighted by atomic mass is 10.2. The van der Waals surface area contributed by atoms with Crippen molar-refractivity contribution in [1.82, 2.24) is 4.98 Å². The zero-order chi connectivity index (χ0) is 9.84. The number of rotatable bonds is 2. The van der Waals surface area contributed by atoms with Crippen molar-refractivity contribution >= 4 is 5.97 Å². The van der Waals surface area contributed by atoms with Crippen molar-refractivity contribution in [3.8, 4) is 0 Å². The Labute approximate surface area is 74.9 Å². The third-order valence-electron chi connectivity index (χ3n) is 1.47. The lowest BCUT2D eigenvalue weighted by molar-refractivity contribution is 0.0662. The zero-order valence-corrected chi connectivity index (χ0v) is 7.16. The largest absolute Gasteiger partial charge is 0.431 e. The van der Waals surface area contributed by atoms with Crippen LogP contribution in [0.2, 0.25) is 0 Å². The van der Waals surface area contributed by atoms with E-state index >= 15 is 0 Å². The van der Waals surface area contributed by atoms with E-state index in [4.69, 9.17) is 0 Å². The van der Waals surface area contributed by atoms with Gasteiger partial charge in [0, 0.05) is 5.69 Å². The molecular formula is C9H9NO3. The number of esters is 1. The molecule has 4 nitrogen and oxygen atoms in total. The Hall–Kier alpha value is -1.84. The maximum Gasteiger partial charge on any atom is 0.348 e. The van der Waals surface area contributed by atoms with Crippen LogP contribution in [0.25, 0.3) is 0 Å². The lowest BCUT2D eigenvalue weighted by Gasteiger charge is -1.98. The number of pyridine rings is 1. The highest BCUT2D eigenvalue weighted by atomic mass is 16.5.